The maximum Gasteiger partial charge on any atom is 0.215 e. The van der Waals surface area contributed by atoms with E-state index < -0.39 is 25.1 Å². The van der Waals surface area contributed by atoms with Gasteiger partial charge in [0.1, 0.15) is 5.25 Å². The van der Waals surface area contributed by atoms with Gasteiger partial charge >= 0.3 is 0 Å². The standard InChI is InChI=1S/C24H28N2O4S2/c1-18(2)20-10-12-23(13-11-20)32(29,30)24(21-9-6-14-25-15-21)16-26-31(27,28)17-22-8-5-4-7-19(22)3/h4-15,18,24,26H,16-17H2,1-3H3. The van der Waals surface area contributed by atoms with Crippen molar-refractivity contribution in [1.29, 1.82) is 0 Å². The fourth-order valence-electron chi connectivity index (χ4n) is 3.41. The average molecular weight is 473 g/mol. The van der Waals surface area contributed by atoms with Crippen LogP contribution in [0.2, 0.25) is 0 Å². The van der Waals surface area contributed by atoms with E-state index in [1.807, 2.05) is 32.9 Å². The predicted octanol–water partition coefficient (Wildman–Crippen LogP) is 4.15. The second kappa shape index (κ2) is 9.94. The van der Waals surface area contributed by atoms with Crippen LogP contribution in [-0.2, 0) is 25.6 Å². The van der Waals surface area contributed by atoms with E-state index in [1.165, 1.54) is 6.20 Å². The minimum Gasteiger partial charge on any atom is -0.264 e. The molecule has 0 saturated heterocycles. The van der Waals surface area contributed by atoms with Gasteiger partial charge in [0, 0.05) is 18.9 Å². The highest BCUT2D eigenvalue weighted by molar-refractivity contribution is 7.92. The van der Waals surface area contributed by atoms with E-state index in [-0.39, 0.29) is 23.1 Å². The Kier molecular flexibility index (Phi) is 7.48. The van der Waals surface area contributed by atoms with Crippen LogP contribution in [0.4, 0.5) is 0 Å². The molecule has 0 aliphatic heterocycles. The van der Waals surface area contributed by atoms with Gasteiger partial charge < -0.3 is 0 Å². The van der Waals surface area contributed by atoms with Gasteiger partial charge in [-0.1, -0.05) is 56.3 Å². The van der Waals surface area contributed by atoms with Crippen LogP contribution in [0.25, 0.3) is 0 Å². The number of sulfonamides is 1. The molecule has 1 aromatic heterocycles. The summed E-state index contributed by atoms with van der Waals surface area (Å²) in [6, 6.07) is 17.2. The summed E-state index contributed by atoms with van der Waals surface area (Å²) in [5, 5.41) is -1.10. The van der Waals surface area contributed by atoms with Gasteiger partial charge in [0.2, 0.25) is 10.0 Å². The molecule has 2 aromatic carbocycles. The SMILES string of the molecule is Cc1ccccc1CS(=O)(=O)NCC(c1cccnc1)S(=O)(=O)c1ccc(C(C)C)cc1. The first-order valence-corrected chi connectivity index (χ1v) is 13.6. The smallest absolute Gasteiger partial charge is 0.215 e. The van der Waals surface area contributed by atoms with Crippen LogP contribution in [0.5, 0.6) is 0 Å². The van der Waals surface area contributed by atoms with Gasteiger partial charge in [-0.3, -0.25) is 4.98 Å². The summed E-state index contributed by atoms with van der Waals surface area (Å²) in [5.41, 5.74) is 2.99. The predicted molar refractivity (Wildman–Crippen MR) is 127 cm³/mol. The molecule has 170 valence electrons. The van der Waals surface area contributed by atoms with Gasteiger partial charge in [-0.2, -0.15) is 0 Å². The minimum absolute atomic E-state index is 0.147. The molecule has 32 heavy (non-hydrogen) atoms. The highest BCUT2D eigenvalue weighted by Crippen LogP contribution is 2.29. The lowest BCUT2D eigenvalue weighted by atomic mass is 10.0. The van der Waals surface area contributed by atoms with Crippen molar-refractivity contribution in [2.45, 2.75) is 42.6 Å². The molecule has 0 bridgehead atoms. The number of hydrogen-bond acceptors (Lipinski definition) is 5. The first kappa shape index (κ1) is 24.1. The first-order chi connectivity index (χ1) is 15.1. The Morgan fingerprint density at radius 2 is 1.56 bits per heavy atom. The summed E-state index contributed by atoms with van der Waals surface area (Å²) in [4.78, 5) is 4.18. The molecule has 1 heterocycles. The summed E-state index contributed by atoms with van der Waals surface area (Å²) >= 11 is 0. The van der Waals surface area contributed by atoms with Gasteiger partial charge in [0.25, 0.3) is 0 Å². The Labute approximate surface area is 190 Å². The lowest BCUT2D eigenvalue weighted by Crippen LogP contribution is -2.33. The fourth-order valence-corrected chi connectivity index (χ4v) is 6.42. The van der Waals surface area contributed by atoms with Gasteiger partial charge in [0.05, 0.1) is 10.6 Å². The van der Waals surface area contributed by atoms with E-state index in [1.54, 1.807) is 54.7 Å². The van der Waals surface area contributed by atoms with Gasteiger partial charge in [0.15, 0.2) is 9.84 Å². The molecule has 0 amide bonds. The van der Waals surface area contributed by atoms with E-state index in [0.29, 0.717) is 11.1 Å². The number of sulfone groups is 1. The van der Waals surface area contributed by atoms with Crippen LogP contribution < -0.4 is 4.72 Å². The second-order valence-electron chi connectivity index (χ2n) is 8.08. The summed E-state index contributed by atoms with van der Waals surface area (Å²) < 4.78 is 55.0. The highest BCUT2D eigenvalue weighted by Gasteiger charge is 2.31. The van der Waals surface area contributed by atoms with E-state index in [0.717, 1.165) is 11.1 Å². The third-order valence-electron chi connectivity index (χ3n) is 5.40. The third-order valence-corrected chi connectivity index (χ3v) is 8.82. The molecule has 0 fully saturated rings. The molecule has 0 aliphatic rings. The number of aromatic nitrogens is 1. The molecular formula is C24H28N2O4S2. The largest absolute Gasteiger partial charge is 0.264 e. The molecule has 1 N–H and O–H groups in total. The fraction of sp³-hybridized carbons (Fsp3) is 0.292. The average Bonchev–Trinajstić information content (AvgIpc) is 2.76. The molecule has 3 rings (SSSR count). The Morgan fingerprint density at radius 1 is 0.875 bits per heavy atom. The second-order valence-corrected chi connectivity index (χ2v) is 12.0. The van der Waals surface area contributed by atoms with E-state index >= 15 is 0 Å². The number of nitrogens with zero attached hydrogens (tertiary/aromatic N) is 1. The van der Waals surface area contributed by atoms with E-state index in [2.05, 4.69) is 9.71 Å². The molecule has 8 heteroatoms. The molecule has 0 radical (unpaired) electrons. The van der Waals surface area contributed by atoms with Crippen molar-refractivity contribution in [3.05, 3.63) is 95.3 Å². The summed E-state index contributed by atoms with van der Waals surface area (Å²) in [6.07, 6.45) is 3.01. The monoisotopic (exact) mass is 472 g/mol. The van der Waals surface area contributed by atoms with Crippen LogP contribution in [0, 0.1) is 6.92 Å². The zero-order valence-electron chi connectivity index (χ0n) is 18.4. The van der Waals surface area contributed by atoms with Crippen molar-refractivity contribution < 1.29 is 16.8 Å². The quantitative estimate of drug-likeness (QED) is 0.505. The molecule has 0 saturated carbocycles. The van der Waals surface area contributed by atoms with Crippen molar-refractivity contribution in [3.8, 4) is 0 Å². The Morgan fingerprint density at radius 3 is 2.16 bits per heavy atom. The van der Waals surface area contributed by atoms with Gasteiger partial charge in [-0.25, -0.2) is 21.6 Å². The number of nitrogens with one attached hydrogen (secondary N) is 1. The van der Waals surface area contributed by atoms with Gasteiger partial charge in [-0.05, 0) is 53.3 Å². The Bertz CT molecular complexity index is 1250. The van der Waals surface area contributed by atoms with Crippen LogP contribution in [-0.4, -0.2) is 28.4 Å². The molecule has 0 aliphatic carbocycles. The zero-order chi connectivity index (χ0) is 23.4. The van der Waals surface area contributed by atoms with Crippen molar-refractivity contribution in [1.82, 2.24) is 9.71 Å². The van der Waals surface area contributed by atoms with Crippen LogP contribution in [0.1, 0.15) is 47.3 Å². The molecule has 6 nitrogen and oxygen atoms in total. The third kappa shape index (κ3) is 5.82. The maximum atomic E-state index is 13.5. The molecule has 3 aromatic rings. The van der Waals surface area contributed by atoms with Crippen molar-refractivity contribution in [2.75, 3.05) is 6.54 Å². The van der Waals surface area contributed by atoms with Gasteiger partial charge in [-0.15, -0.1) is 0 Å². The lowest BCUT2D eigenvalue weighted by Gasteiger charge is -2.19. The molecule has 1 atom stereocenters. The van der Waals surface area contributed by atoms with Crippen molar-refractivity contribution in [2.24, 2.45) is 0 Å². The summed E-state index contributed by atoms with van der Waals surface area (Å²) in [7, 11) is -7.62. The summed E-state index contributed by atoms with van der Waals surface area (Å²) in [5.74, 6) is 0.0527. The Balaban J connectivity index is 1.89. The van der Waals surface area contributed by atoms with Crippen LogP contribution in [0.3, 0.4) is 0 Å². The Hall–Kier alpha value is -2.55. The first-order valence-electron chi connectivity index (χ1n) is 10.4. The van der Waals surface area contributed by atoms with Crippen LogP contribution >= 0.6 is 0 Å². The van der Waals surface area contributed by atoms with E-state index in [4.69, 9.17) is 0 Å². The van der Waals surface area contributed by atoms with Crippen molar-refractivity contribution in [3.63, 3.8) is 0 Å². The van der Waals surface area contributed by atoms with Crippen molar-refractivity contribution >= 4 is 19.9 Å². The number of aryl methyl sites for hydroxylation is 1. The summed E-state index contributed by atoms with van der Waals surface area (Å²) in [6.45, 7) is 5.62. The van der Waals surface area contributed by atoms with Crippen LogP contribution in [0.15, 0.2) is 78.0 Å². The number of pyridine rings is 1. The topological polar surface area (TPSA) is 93.2 Å². The van der Waals surface area contributed by atoms with E-state index in [9.17, 15) is 16.8 Å². The minimum atomic E-state index is -3.87. The highest BCUT2D eigenvalue weighted by atomic mass is 32.2. The number of benzene rings is 2. The maximum absolute atomic E-state index is 13.5. The molecular weight excluding hydrogens is 444 g/mol. The normalized spacial score (nSPS) is 13.2. The zero-order valence-corrected chi connectivity index (χ0v) is 20.0. The number of hydrogen-bond donors (Lipinski definition) is 1. The molecule has 1 unspecified atom stereocenters. The number of rotatable bonds is 9. The molecule has 0 spiro atoms. The lowest BCUT2D eigenvalue weighted by molar-refractivity contribution is 0.568.